The summed E-state index contributed by atoms with van der Waals surface area (Å²) in [7, 11) is 0. The Hall–Kier alpha value is -2.30. The molecular weight excluding hydrogens is 218 g/mol. The first kappa shape index (κ1) is 11.2. The largest absolute Gasteiger partial charge is 0.509 e. The van der Waals surface area contributed by atoms with Crippen molar-refractivity contribution in [1.29, 1.82) is 0 Å². The molecule has 5 nitrogen and oxygen atoms in total. The second kappa shape index (κ2) is 4.29. The van der Waals surface area contributed by atoms with Crippen molar-refractivity contribution in [3.63, 3.8) is 0 Å². The molecule has 1 aliphatic heterocycles. The smallest absolute Gasteiger partial charge is 0.255 e. The number of aliphatic hydroxyl groups excluding tert-OH is 1. The molecular formula is C12H13N3O2. The van der Waals surface area contributed by atoms with Crippen LogP contribution < -0.4 is 11.5 Å². The van der Waals surface area contributed by atoms with Crippen LogP contribution in [0.1, 0.15) is 5.56 Å². The second-order valence-electron chi connectivity index (χ2n) is 3.84. The summed E-state index contributed by atoms with van der Waals surface area (Å²) in [5, 5.41) is 9.84. The lowest BCUT2D eigenvalue weighted by molar-refractivity contribution is -0.114. The lowest BCUT2D eigenvalue weighted by atomic mass is 10.0. The molecule has 1 amide bonds. The zero-order valence-corrected chi connectivity index (χ0v) is 9.13. The van der Waals surface area contributed by atoms with Crippen molar-refractivity contribution in [2.45, 2.75) is 12.5 Å². The van der Waals surface area contributed by atoms with Gasteiger partial charge in [-0.3, -0.25) is 9.79 Å². The van der Waals surface area contributed by atoms with Crippen molar-refractivity contribution in [1.82, 2.24) is 0 Å². The van der Waals surface area contributed by atoms with Gasteiger partial charge in [-0.25, -0.2) is 0 Å². The van der Waals surface area contributed by atoms with Crippen LogP contribution in [-0.2, 0) is 11.2 Å². The number of nitrogens with zero attached hydrogens (tertiary/aromatic N) is 1. The van der Waals surface area contributed by atoms with Gasteiger partial charge in [0.25, 0.3) is 5.91 Å². The van der Waals surface area contributed by atoms with Crippen molar-refractivity contribution in [3.05, 3.63) is 47.2 Å². The van der Waals surface area contributed by atoms with Crippen LogP contribution in [-0.4, -0.2) is 22.9 Å². The van der Waals surface area contributed by atoms with Gasteiger partial charge in [-0.1, -0.05) is 30.3 Å². The Morgan fingerprint density at radius 1 is 1.35 bits per heavy atom. The number of hydrogen-bond acceptors (Lipinski definition) is 4. The van der Waals surface area contributed by atoms with E-state index in [1.54, 1.807) is 0 Å². The Morgan fingerprint density at radius 2 is 2.00 bits per heavy atom. The number of hydrogen-bond donors (Lipinski definition) is 3. The van der Waals surface area contributed by atoms with E-state index in [-0.39, 0.29) is 17.2 Å². The van der Waals surface area contributed by atoms with Crippen LogP contribution in [0.5, 0.6) is 0 Å². The molecule has 1 aliphatic rings. The molecule has 1 atom stereocenters. The van der Waals surface area contributed by atoms with E-state index in [0.717, 1.165) is 5.56 Å². The highest BCUT2D eigenvalue weighted by atomic mass is 16.3. The van der Waals surface area contributed by atoms with Gasteiger partial charge in [0.1, 0.15) is 23.2 Å². The van der Waals surface area contributed by atoms with Gasteiger partial charge in [0.15, 0.2) is 0 Å². The molecule has 1 aromatic carbocycles. The molecule has 1 heterocycles. The summed E-state index contributed by atoms with van der Waals surface area (Å²) >= 11 is 0. The zero-order chi connectivity index (χ0) is 12.4. The summed E-state index contributed by atoms with van der Waals surface area (Å²) in [6, 6.07) is 9.02. The van der Waals surface area contributed by atoms with Gasteiger partial charge in [0.05, 0.1) is 0 Å². The minimum absolute atomic E-state index is 0.0101. The van der Waals surface area contributed by atoms with Crippen LogP contribution in [0.25, 0.3) is 0 Å². The Morgan fingerprint density at radius 3 is 2.53 bits per heavy atom. The number of primary amides is 1. The Balaban J connectivity index is 2.23. The van der Waals surface area contributed by atoms with E-state index in [4.69, 9.17) is 11.5 Å². The van der Waals surface area contributed by atoms with E-state index >= 15 is 0 Å². The summed E-state index contributed by atoms with van der Waals surface area (Å²) in [5.41, 5.74) is 11.6. The number of rotatable bonds is 3. The lowest BCUT2D eigenvalue weighted by Crippen LogP contribution is -2.25. The average Bonchev–Trinajstić information content (AvgIpc) is 2.55. The van der Waals surface area contributed by atoms with E-state index in [1.165, 1.54) is 0 Å². The molecule has 0 saturated heterocycles. The predicted molar refractivity (Wildman–Crippen MR) is 64.4 cm³/mol. The SMILES string of the molecule is NC(=O)C1=C(O)C(Cc2ccccc2)N=C1N. The highest BCUT2D eigenvalue weighted by molar-refractivity contribution is 6.21. The molecule has 0 aromatic heterocycles. The Labute approximate surface area is 98.5 Å². The molecule has 1 aromatic rings. The molecule has 0 saturated carbocycles. The second-order valence-corrected chi connectivity index (χ2v) is 3.84. The quantitative estimate of drug-likeness (QED) is 0.695. The van der Waals surface area contributed by atoms with E-state index in [9.17, 15) is 9.90 Å². The van der Waals surface area contributed by atoms with E-state index < -0.39 is 11.9 Å². The van der Waals surface area contributed by atoms with Crippen molar-refractivity contribution in [3.8, 4) is 0 Å². The number of carbonyl (C=O) groups excluding carboxylic acids is 1. The predicted octanol–water partition coefficient (Wildman–Crippen LogP) is 0.266. The van der Waals surface area contributed by atoms with E-state index in [0.29, 0.717) is 6.42 Å². The van der Waals surface area contributed by atoms with Crippen LogP contribution in [0.4, 0.5) is 0 Å². The van der Waals surface area contributed by atoms with Gasteiger partial charge in [-0.05, 0) is 5.56 Å². The van der Waals surface area contributed by atoms with Gasteiger partial charge in [-0.15, -0.1) is 0 Å². The first-order chi connectivity index (χ1) is 8.09. The summed E-state index contributed by atoms with van der Waals surface area (Å²) in [6.45, 7) is 0. The minimum Gasteiger partial charge on any atom is -0.509 e. The normalized spacial score (nSPS) is 19.3. The van der Waals surface area contributed by atoms with Gasteiger partial charge < -0.3 is 16.6 Å². The maximum absolute atomic E-state index is 11.1. The Kier molecular flexibility index (Phi) is 2.82. The molecule has 0 spiro atoms. The lowest BCUT2D eigenvalue weighted by Gasteiger charge is -2.07. The molecule has 1 unspecified atom stereocenters. The third-order valence-corrected chi connectivity index (χ3v) is 2.64. The number of amides is 1. The molecule has 0 aliphatic carbocycles. The number of carbonyl (C=O) groups is 1. The number of amidine groups is 1. The first-order valence-corrected chi connectivity index (χ1v) is 5.20. The van der Waals surface area contributed by atoms with Crippen LogP contribution in [0, 0.1) is 0 Å². The summed E-state index contributed by atoms with van der Waals surface area (Å²) in [5.74, 6) is -0.880. The summed E-state index contributed by atoms with van der Waals surface area (Å²) in [4.78, 5) is 15.1. The monoisotopic (exact) mass is 231 g/mol. The van der Waals surface area contributed by atoms with Crippen LogP contribution >= 0.6 is 0 Å². The van der Waals surface area contributed by atoms with Gasteiger partial charge in [0, 0.05) is 6.42 Å². The van der Waals surface area contributed by atoms with Crippen molar-refractivity contribution in [2.75, 3.05) is 0 Å². The molecule has 2 rings (SSSR count). The van der Waals surface area contributed by atoms with Gasteiger partial charge >= 0.3 is 0 Å². The molecule has 5 N–H and O–H groups in total. The first-order valence-electron chi connectivity index (χ1n) is 5.20. The maximum atomic E-state index is 11.1. The average molecular weight is 231 g/mol. The van der Waals surface area contributed by atoms with E-state index in [1.807, 2.05) is 30.3 Å². The third kappa shape index (κ3) is 2.13. The van der Waals surface area contributed by atoms with Crippen molar-refractivity contribution < 1.29 is 9.90 Å². The number of nitrogens with two attached hydrogens (primary N) is 2. The summed E-state index contributed by atoms with van der Waals surface area (Å²) in [6.07, 6.45) is 0.490. The summed E-state index contributed by atoms with van der Waals surface area (Å²) < 4.78 is 0. The third-order valence-electron chi connectivity index (χ3n) is 2.64. The zero-order valence-electron chi connectivity index (χ0n) is 9.13. The number of benzene rings is 1. The fraction of sp³-hybridized carbons (Fsp3) is 0.167. The fourth-order valence-corrected chi connectivity index (χ4v) is 1.82. The molecule has 17 heavy (non-hydrogen) atoms. The topological polar surface area (TPSA) is 102 Å². The minimum atomic E-state index is -0.751. The highest BCUT2D eigenvalue weighted by Gasteiger charge is 2.29. The maximum Gasteiger partial charge on any atom is 0.255 e. The van der Waals surface area contributed by atoms with Crippen LogP contribution in [0.15, 0.2) is 46.7 Å². The molecule has 0 radical (unpaired) electrons. The van der Waals surface area contributed by atoms with Crippen molar-refractivity contribution >= 4 is 11.7 Å². The highest BCUT2D eigenvalue weighted by Crippen LogP contribution is 2.21. The van der Waals surface area contributed by atoms with Gasteiger partial charge in [0.2, 0.25) is 0 Å². The standard InChI is InChI=1S/C12H13N3O2/c13-11-9(12(14)17)10(16)8(15-11)6-7-4-2-1-3-5-7/h1-5,8,16H,6H2,(H2,13,15)(H2,14,17). The molecule has 0 bridgehead atoms. The van der Waals surface area contributed by atoms with Crippen molar-refractivity contribution in [2.24, 2.45) is 16.5 Å². The number of aliphatic hydroxyl groups is 1. The molecule has 5 heteroatoms. The molecule has 0 fully saturated rings. The number of aliphatic imine (C=N–C) groups is 1. The molecule has 88 valence electrons. The van der Waals surface area contributed by atoms with E-state index in [2.05, 4.69) is 4.99 Å². The van der Waals surface area contributed by atoms with Gasteiger partial charge in [-0.2, -0.15) is 0 Å². The van der Waals surface area contributed by atoms with Crippen LogP contribution in [0.3, 0.4) is 0 Å². The Bertz CT molecular complexity index is 506. The van der Waals surface area contributed by atoms with Crippen LogP contribution in [0.2, 0.25) is 0 Å². The fourth-order valence-electron chi connectivity index (χ4n) is 1.82.